The van der Waals surface area contributed by atoms with E-state index >= 15 is 0 Å². The number of benzene rings is 1. The highest BCUT2D eigenvalue weighted by molar-refractivity contribution is 7.13. The molecule has 0 saturated carbocycles. The molecule has 2 aromatic heterocycles. The van der Waals surface area contributed by atoms with Gasteiger partial charge in [-0.25, -0.2) is 0 Å². The van der Waals surface area contributed by atoms with Gasteiger partial charge >= 0.3 is 0 Å². The SMILES string of the molecule is Cc1ccc(C(=O)NCc2noc(-c3cccs3)n2)c(C)c1. The maximum Gasteiger partial charge on any atom is 0.268 e. The molecule has 1 amide bonds. The second-order valence-electron chi connectivity index (χ2n) is 4.99. The summed E-state index contributed by atoms with van der Waals surface area (Å²) in [6, 6.07) is 9.57. The first-order chi connectivity index (χ1) is 10.6. The van der Waals surface area contributed by atoms with E-state index in [9.17, 15) is 4.79 Å². The highest BCUT2D eigenvalue weighted by Gasteiger charge is 2.12. The summed E-state index contributed by atoms with van der Waals surface area (Å²) in [5, 5.41) is 8.64. The maximum absolute atomic E-state index is 12.2. The number of hydrogen-bond acceptors (Lipinski definition) is 5. The molecule has 0 fully saturated rings. The van der Waals surface area contributed by atoms with Crippen molar-refractivity contribution in [3.8, 4) is 10.8 Å². The Bertz CT molecular complexity index is 794. The van der Waals surface area contributed by atoms with Crippen LogP contribution in [0.1, 0.15) is 27.3 Å². The fourth-order valence-corrected chi connectivity index (χ4v) is 2.79. The molecule has 22 heavy (non-hydrogen) atoms. The van der Waals surface area contributed by atoms with Crippen LogP contribution in [0.4, 0.5) is 0 Å². The fraction of sp³-hybridized carbons (Fsp3) is 0.188. The third-order valence-electron chi connectivity index (χ3n) is 3.23. The van der Waals surface area contributed by atoms with Gasteiger partial charge < -0.3 is 9.84 Å². The van der Waals surface area contributed by atoms with E-state index in [1.165, 1.54) is 11.3 Å². The van der Waals surface area contributed by atoms with Crippen molar-refractivity contribution in [1.29, 1.82) is 0 Å². The molecule has 3 rings (SSSR count). The number of thiophene rings is 1. The van der Waals surface area contributed by atoms with Crippen molar-refractivity contribution in [3.63, 3.8) is 0 Å². The van der Waals surface area contributed by atoms with Gasteiger partial charge in [-0.2, -0.15) is 4.98 Å². The number of amides is 1. The van der Waals surface area contributed by atoms with Gasteiger partial charge in [0.05, 0.1) is 11.4 Å². The summed E-state index contributed by atoms with van der Waals surface area (Å²) in [6.07, 6.45) is 0. The summed E-state index contributed by atoms with van der Waals surface area (Å²) in [7, 11) is 0. The smallest absolute Gasteiger partial charge is 0.268 e. The molecule has 0 bridgehead atoms. The standard InChI is InChI=1S/C16H15N3O2S/c1-10-5-6-12(11(2)8-10)15(20)17-9-14-18-16(21-19-14)13-4-3-7-22-13/h3-8H,9H2,1-2H3,(H,17,20). The molecule has 0 atom stereocenters. The van der Waals surface area contributed by atoms with Crippen LogP contribution >= 0.6 is 11.3 Å². The van der Waals surface area contributed by atoms with Crippen molar-refractivity contribution < 1.29 is 9.32 Å². The lowest BCUT2D eigenvalue weighted by Crippen LogP contribution is -2.24. The van der Waals surface area contributed by atoms with Gasteiger partial charge in [-0.3, -0.25) is 4.79 Å². The molecule has 0 unspecified atom stereocenters. The summed E-state index contributed by atoms with van der Waals surface area (Å²) in [6.45, 7) is 4.16. The van der Waals surface area contributed by atoms with E-state index < -0.39 is 0 Å². The topological polar surface area (TPSA) is 68.0 Å². The number of rotatable bonds is 4. The number of nitrogens with one attached hydrogen (secondary N) is 1. The number of nitrogens with zero attached hydrogens (tertiary/aromatic N) is 2. The van der Waals surface area contributed by atoms with Crippen LogP contribution in [0.15, 0.2) is 40.2 Å². The Kier molecular flexibility index (Phi) is 4.02. The van der Waals surface area contributed by atoms with Gasteiger partial charge in [0.25, 0.3) is 11.8 Å². The third-order valence-corrected chi connectivity index (χ3v) is 4.09. The van der Waals surface area contributed by atoms with Gasteiger partial charge in [-0.05, 0) is 36.9 Å². The van der Waals surface area contributed by atoms with Crippen molar-refractivity contribution in [2.24, 2.45) is 0 Å². The van der Waals surface area contributed by atoms with Crippen LogP contribution in [0.2, 0.25) is 0 Å². The zero-order valence-corrected chi connectivity index (χ0v) is 13.1. The molecular formula is C16H15N3O2S. The lowest BCUT2D eigenvalue weighted by Gasteiger charge is -2.06. The zero-order chi connectivity index (χ0) is 15.5. The first kappa shape index (κ1) is 14.5. The Morgan fingerprint density at radius 1 is 1.32 bits per heavy atom. The summed E-state index contributed by atoms with van der Waals surface area (Å²) in [4.78, 5) is 17.4. The van der Waals surface area contributed by atoms with Crippen LogP contribution in [0, 0.1) is 13.8 Å². The summed E-state index contributed by atoms with van der Waals surface area (Å²) in [5.74, 6) is 0.798. The number of carbonyl (C=O) groups is 1. The third kappa shape index (κ3) is 3.07. The van der Waals surface area contributed by atoms with E-state index in [1.54, 1.807) is 0 Å². The Hall–Kier alpha value is -2.47. The molecule has 1 aromatic carbocycles. The Morgan fingerprint density at radius 3 is 2.91 bits per heavy atom. The van der Waals surface area contributed by atoms with Crippen LogP contribution < -0.4 is 5.32 Å². The molecule has 3 aromatic rings. The van der Waals surface area contributed by atoms with Crippen LogP contribution in [0.25, 0.3) is 10.8 Å². The molecule has 2 heterocycles. The van der Waals surface area contributed by atoms with Crippen molar-refractivity contribution >= 4 is 17.2 Å². The van der Waals surface area contributed by atoms with Gasteiger partial charge in [0.15, 0.2) is 5.82 Å². The van der Waals surface area contributed by atoms with Crippen molar-refractivity contribution in [2.45, 2.75) is 20.4 Å². The van der Waals surface area contributed by atoms with Crippen molar-refractivity contribution in [2.75, 3.05) is 0 Å². The van der Waals surface area contributed by atoms with E-state index in [0.717, 1.165) is 16.0 Å². The molecule has 112 valence electrons. The molecule has 0 spiro atoms. The van der Waals surface area contributed by atoms with Gasteiger partial charge in [-0.1, -0.05) is 28.9 Å². The minimum absolute atomic E-state index is 0.139. The van der Waals surface area contributed by atoms with E-state index in [0.29, 0.717) is 17.3 Å². The van der Waals surface area contributed by atoms with Gasteiger partial charge in [0.1, 0.15) is 0 Å². The molecule has 0 aliphatic carbocycles. The maximum atomic E-state index is 12.2. The monoisotopic (exact) mass is 313 g/mol. The van der Waals surface area contributed by atoms with Gasteiger partial charge in [-0.15, -0.1) is 11.3 Å². The average Bonchev–Trinajstić information content (AvgIpc) is 3.16. The number of hydrogen-bond donors (Lipinski definition) is 1. The molecule has 0 aliphatic heterocycles. The normalized spacial score (nSPS) is 10.6. The average molecular weight is 313 g/mol. The predicted octanol–water partition coefficient (Wildman–Crippen LogP) is 3.34. The fourth-order valence-electron chi connectivity index (χ4n) is 2.15. The molecule has 0 radical (unpaired) electrons. The van der Waals surface area contributed by atoms with Crippen LogP contribution in [-0.4, -0.2) is 16.0 Å². The predicted molar refractivity (Wildman–Crippen MR) is 84.7 cm³/mol. The minimum atomic E-state index is -0.139. The summed E-state index contributed by atoms with van der Waals surface area (Å²) in [5.41, 5.74) is 2.74. The molecule has 5 nitrogen and oxygen atoms in total. The lowest BCUT2D eigenvalue weighted by atomic mass is 10.1. The van der Waals surface area contributed by atoms with Crippen molar-refractivity contribution in [1.82, 2.24) is 15.5 Å². The molecule has 1 N–H and O–H groups in total. The van der Waals surface area contributed by atoms with Crippen LogP contribution in [0.5, 0.6) is 0 Å². The second-order valence-corrected chi connectivity index (χ2v) is 5.94. The van der Waals surface area contributed by atoms with Crippen molar-refractivity contribution in [3.05, 3.63) is 58.2 Å². The summed E-state index contributed by atoms with van der Waals surface area (Å²) < 4.78 is 5.18. The van der Waals surface area contributed by atoms with E-state index in [2.05, 4.69) is 15.5 Å². The van der Waals surface area contributed by atoms with Crippen LogP contribution in [-0.2, 0) is 6.54 Å². The number of carbonyl (C=O) groups excluding carboxylic acids is 1. The van der Waals surface area contributed by atoms with Crippen LogP contribution in [0.3, 0.4) is 0 Å². The quantitative estimate of drug-likeness (QED) is 0.802. The highest BCUT2D eigenvalue weighted by atomic mass is 32.1. The number of aromatic nitrogens is 2. The Labute approximate surface area is 132 Å². The van der Waals surface area contributed by atoms with E-state index in [-0.39, 0.29) is 12.5 Å². The summed E-state index contributed by atoms with van der Waals surface area (Å²) >= 11 is 1.53. The highest BCUT2D eigenvalue weighted by Crippen LogP contribution is 2.22. The van der Waals surface area contributed by atoms with Gasteiger partial charge in [0.2, 0.25) is 0 Å². The molecular weight excluding hydrogens is 298 g/mol. The zero-order valence-electron chi connectivity index (χ0n) is 12.3. The number of aryl methyl sites for hydroxylation is 2. The Morgan fingerprint density at radius 2 is 2.18 bits per heavy atom. The largest absolute Gasteiger partial charge is 0.345 e. The molecule has 0 saturated heterocycles. The first-order valence-corrected chi connectivity index (χ1v) is 7.73. The second kappa shape index (κ2) is 6.11. The molecule has 0 aliphatic rings. The lowest BCUT2D eigenvalue weighted by molar-refractivity contribution is 0.0949. The van der Waals surface area contributed by atoms with E-state index in [4.69, 9.17) is 4.52 Å². The first-order valence-electron chi connectivity index (χ1n) is 6.85. The minimum Gasteiger partial charge on any atom is -0.345 e. The Balaban J connectivity index is 1.66. The van der Waals surface area contributed by atoms with Gasteiger partial charge in [0, 0.05) is 5.56 Å². The van der Waals surface area contributed by atoms with E-state index in [1.807, 2.05) is 49.6 Å². The molecule has 6 heteroatoms.